The molecule has 6 nitrogen and oxygen atoms in total. The molecule has 1 heterocycles. The lowest BCUT2D eigenvalue weighted by Gasteiger charge is -2.09. The first kappa shape index (κ1) is 17.2. The first-order valence-electron chi connectivity index (χ1n) is 8.38. The van der Waals surface area contributed by atoms with E-state index in [0.717, 1.165) is 28.0 Å². The number of benzene rings is 3. The molecule has 0 unspecified atom stereocenters. The van der Waals surface area contributed by atoms with Crippen LogP contribution in [0.4, 0.5) is 5.69 Å². The highest BCUT2D eigenvalue weighted by atomic mass is 79.9. The van der Waals surface area contributed by atoms with Gasteiger partial charge in [-0.3, -0.25) is 0 Å². The highest BCUT2D eigenvalue weighted by Gasteiger charge is 2.10. The van der Waals surface area contributed by atoms with Crippen LogP contribution in [0.5, 0.6) is 11.8 Å². The number of ether oxygens (including phenoxy) is 1. The molecule has 7 heteroatoms. The van der Waals surface area contributed by atoms with Gasteiger partial charge < -0.3 is 10.1 Å². The van der Waals surface area contributed by atoms with Gasteiger partial charge in [0, 0.05) is 16.7 Å². The molecule has 0 radical (unpaired) electrons. The van der Waals surface area contributed by atoms with Crippen molar-refractivity contribution in [2.24, 2.45) is 0 Å². The minimum Gasteiger partial charge on any atom is -0.423 e. The maximum Gasteiger partial charge on any atom is 0.345 e. The Kier molecular flexibility index (Phi) is 5.11. The Bertz CT molecular complexity index is 1000. The van der Waals surface area contributed by atoms with E-state index in [1.807, 2.05) is 78.9 Å². The summed E-state index contributed by atoms with van der Waals surface area (Å²) >= 11 is 3.44. The normalized spacial score (nSPS) is 10.6. The number of halogens is 1. The fourth-order valence-electron chi connectivity index (χ4n) is 2.53. The second-order valence-corrected chi connectivity index (χ2v) is 6.73. The van der Waals surface area contributed by atoms with Crippen LogP contribution in [0.25, 0.3) is 5.69 Å². The summed E-state index contributed by atoms with van der Waals surface area (Å²) in [5, 5.41) is 15.0. The molecule has 1 aromatic heterocycles. The predicted molar refractivity (Wildman–Crippen MR) is 107 cm³/mol. The van der Waals surface area contributed by atoms with E-state index in [1.54, 1.807) is 4.68 Å². The number of tetrazole rings is 1. The number of anilines is 1. The van der Waals surface area contributed by atoms with Gasteiger partial charge in [-0.25, -0.2) is 0 Å². The fourth-order valence-corrected chi connectivity index (χ4v) is 2.79. The summed E-state index contributed by atoms with van der Waals surface area (Å²) in [6.07, 6.45) is 0. The largest absolute Gasteiger partial charge is 0.423 e. The lowest BCUT2D eigenvalue weighted by Crippen LogP contribution is -2.01. The zero-order valence-electron chi connectivity index (χ0n) is 14.3. The lowest BCUT2D eigenvalue weighted by atomic mass is 10.2. The van der Waals surface area contributed by atoms with Gasteiger partial charge in [0.25, 0.3) is 0 Å². The van der Waals surface area contributed by atoms with Gasteiger partial charge >= 0.3 is 6.01 Å². The minimum atomic E-state index is 0.321. The van der Waals surface area contributed by atoms with Gasteiger partial charge in [-0.15, -0.1) is 0 Å². The zero-order chi connectivity index (χ0) is 18.5. The molecule has 0 aliphatic heterocycles. The Labute approximate surface area is 164 Å². The minimum absolute atomic E-state index is 0.321. The van der Waals surface area contributed by atoms with Crippen LogP contribution in [-0.4, -0.2) is 20.2 Å². The summed E-state index contributed by atoms with van der Waals surface area (Å²) in [5.74, 6) is 0.675. The first-order chi connectivity index (χ1) is 13.3. The molecule has 0 saturated carbocycles. The standard InChI is InChI=1S/C20H16BrN5O/c21-16-8-10-17(11-9-16)22-14-15-6-12-19(13-7-15)27-20-23-24-25-26(20)18-4-2-1-3-5-18/h1-13,22H,14H2. The Morgan fingerprint density at radius 2 is 1.63 bits per heavy atom. The summed E-state index contributed by atoms with van der Waals surface area (Å²) in [7, 11) is 0. The third kappa shape index (κ3) is 4.32. The maximum absolute atomic E-state index is 5.84. The number of hydrogen-bond acceptors (Lipinski definition) is 5. The molecule has 0 spiro atoms. The van der Waals surface area contributed by atoms with Gasteiger partial charge in [-0.2, -0.15) is 4.68 Å². The summed E-state index contributed by atoms with van der Waals surface area (Å²) in [4.78, 5) is 0. The smallest absolute Gasteiger partial charge is 0.345 e. The monoisotopic (exact) mass is 421 g/mol. The van der Waals surface area contributed by atoms with Gasteiger partial charge in [-0.05, 0) is 64.5 Å². The van der Waals surface area contributed by atoms with Crippen LogP contribution in [0.1, 0.15) is 5.56 Å². The van der Waals surface area contributed by atoms with Crippen LogP contribution in [0.3, 0.4) is 0 Å². The average molecular weight is 422 g/mol. The van der Waals surface area contributed by atoms with Crippen LogP contribution in [-0.2, 0) is 6.54 Å². The average Bonchev–Trinajstić information content (AvgIpc) is 3.17. The molecule has 0 aliphatic rings. The Morgan fingerprint density at radius 3 is 2.37 bits per heavy atom. The number of nitrogens with zero attached hydrogens (tertiary/aromatic N) is 4. The van der Waals surface area contributed by atoms with E-state index in [0.29, 0.717) is 11.8 Å². The molecular weight excluding hydrogens is 406 g/mol. The van der Waals surface area contributed by atoms with Crippen LogP contribution >= 0.6 is 15.9 Å². The van der Waals surface area contributed by atoms with E-state index in [9.17, 15) is 0 Å². The van der Waals surface area contributed by atoms with Crippen molar-refractivity contribution in [3.05, 3.63) is 88.9 Å². The second-order valence-electron chi connectivity index (χ2n) is 5.82. The third-order valence-electron chi connectivity index (χ3n) is 3.92. The molecule has 0 bridgehead atoms. The van der Waals surface area contributed by atoms with Crippen LogP contribution in [0.15, 0.2) is 83.3 Å². The van der Waals surface area contributed by atoms with Crippen molar-refractivity contribution in [2.75, 3.05) is 5.32 Å². The van der Waals surface area contributed by atoms with E-state index in [-0.39, 0.29) is 0 Å². The molecule has 4 aromatic rings. The van der Waals surface area contributed by atoms with Crippen molar-refractivity contribution in [2.45, 2.75) is 6.54 Å². The summed E-state index contributed by atoms with van der Waals surface area (Å²) < 4.78 is 8.46. The van der Waals surface area contributed by atoms with Crippen LogP contribution < -0.4 is 10.1 Å². The fraction of sp³-hybridized carbons (Fsp3) is 0.0500. The lowest BCUT2D eigenvalue weighted by molar-refractivity contribution is 0.427. The van der Waals surface area contributed by atoms with Gasteiger partial charge in [0.2, 0.25) is 0 Å². The molecule has 0 atom stereocenters. The molecule has 0 amide bonds. The zero-order valence-corrected chi connectivity index (χ0v) is 15.9. The van der Waals surface area contributed by atoms with Gasteiger partial charge in [-0.1, -0.05) is 51.4 Å². The predicted octanol–water partition coefficient (Wildman–Crippen LogP) is 4.83. The molecule has 3 aromatic carbocycles. The molecule has 27 heavy (non-hydrogen) atoms. The van der Waals surface area contributed by atoms with Gasteiger partial charge in [0.05, 0.1) is 5.69 Å². The summed E-state index contributed by atoms with van der Waals surface area (Å²) in [6, 6.07) is 25.9. The van der Waals surface area contributed by atoms with Crippen molar-refractivity contribution in [3.8, 4) is 17.4 Å². The third-order valence-corrected chi connectivity index (χ3v) is 4.44. The topological polar surface area (TPSA) is 64.9 Å². The number of aromatic nitrogens is 4. The SMILES string of the molecule is Brc1ccc(NCc2ccc(Oc3nnnn3-c3ccccc3)cc2)cc1. The molecular formula is C20H16BrN5O. The summed E-state index contributed by atoms with van der Waals surface area (Å²) in [5.41, 5.74) is 3.06. The van der Waals surface area contributed by atoms with E-state index < -0.39 is 0 Å². The highest BCUT2D eigenvalue weighted by Crippen LogP contribution is 2.22. The quantitative estimate of drug-likeness (QED) is 0.482. The number of para-hydroxylation sites is 1. The highest BCUT2D eigenvalue weighted by molar-refractivity contribution is 9.10. The second kappa shape index (κ2) is 8.01. The van der Waals surface area contributed by atoms with Crippen molar-refractivity contribution in [1.29, 1.82) is 0 Å². The van der Waals surface area contributed by atoms with E-state index >= 15 is 0 Å². The van der Waals surface area contributed by atoms with Crippen molar-refractivity contribution in [1.82, 2.24) is 20.2 Å². The molecule has 0 aliphatic carbocycles. The van der Waals surface area contributed by atoms with Crippen molar-refractivity contribution in [3.63, 3.8) is 0 Å². The molecule has 134 valence electrons. The first-order valence-corrected chi connectivity index (χ1v) is 9.17. The Hall–Kier alpha value is -3.19. The van der Waals surface area contributed by atoms with Crippen molar-refractivity contribution < 1.29 is 4.74 Å². The molecule has 4 rings (SSSR count). The molecule has 0 saturated heterocycles. The van der Waals surface area contributed by atoms with Crippen LogP contribution in [0.2, 0.25) is 0 Å². The number of nitrogens with one attached hydrogen (secondary N) is 1. The Morgan fingerprint density at radius 1 is 0.889 bits per heavy atom. The van der Waals surface area contributed by atoms with Crippen LogP contribution in [0, 0.1) is 0 Å². The molecule has 0 fully saturated rings. The van der Waals surface area contributed by atoms with E-state index in [1.165, 1.54) is 0 Å². The Balaban J connectivity index is 1.41. The van der Waals surface area contributed by atoms with E-state index in [4.69, 9.17) is 4.74 Å². The van der Waals surface area contributed by atoms with Crippen molar-refractivity contribution >= 4 is 21.6 Å². The summed E-state index contributed by atoms with van der Waals surface area (Å²) in [6.45, 7) is 0.726. The number of rotatable bonds is 6. The maximum atomic E-state index is 5.84. The molecule has 1 N–H and O–H groups in total. The number of hydrogen-bond donors (Lipinski definition) is 1. The van der Waals surface area contributed by atoms with E-state index in [2.05, 4.69) is 36.8 Å². The van der Waals surface area contributed by atoms with Gasteiger partial charge in [0.15, 0.2) is 0 Å². The van der Waals surface area contributed by atoms with Gasteiger partial charge in [0.1, 0.15) is 5.75 Å².